The SMILES string of the molecule is CN(C(=O)c1ccc(N)cc1)c1ccc(N)cc1. The number of carbonyl (C=O) groups excluding carboxylic acids is 1. The van der Waals surface area contributed by atoms with E-state index in [4.69, 9.17) is 11.5 Å². The van der Waals surface area contributed by atoms with Gasteiger partial charge < -0.3 is 16.4 Å². The number of benzene rings is 2. The maximum atomic E-state index is 12.2. The summed E-state index contributed by atoms with van der Waals surface area (Å²) >= 11 is 0. The maximum absolute atomic E-state index is 12.2. The average Bonchev–Trinajstić information content (AvgIpc) is 2.39. The molecular weight excluding hydrogens is 226 g/mol. The van der Waals surface area contributed by atoms with E-state index in [0.717, 1.165) is 5.69 Å². The van der Waals surface area contributed by atoms with Crippen LogP contribution in [0.5, 0.6) is 0 Å². The van der Waals surface area contributed by atoms with E-state index >= 15 is 0 Å². The van der Waals surface area contributed by atoms with Gasteiger partial charge in [0.1, 0.15) is 0 Å². The highest BCUT2D eigenvalue weighted by Crippen LogP contribution is 2.17. The molecule has 0 aliphatic carbocycles. The van der Waals surface area contributed by atoms with Gasteiger partial charge in [0.15, 0.2) is 0 Å². The fourth-order valence-electron chi connectivity index (χ4n) is 1.63. The molecule has 0 atom stereocenters. The predicted octanol–water partition coefficient (Wildman–Crippen LogP) is 2.13. The molecule has 0 unspecified atom stereocenters. The van der Waals surface area contributed by atoms with Gasteiger partial charge in [0, 0.05) is 29.7 Å². The normalized spacial score (nSPS) is 10.1. The number of nitrogens with zero attached hydrogens (tertiary/aromatic N) is 1. The van der Waals surface area contributed by atoms with Crippen LogP contribution in [0.4, 0.5) is 17.1 Å². The molecule has 4 N–H and O–H groups in total. The predicted molar refractivity (Wildman–Crippen MR) is 74.4 cm³/mol. The van der Waals surface area contributed by atoms with E-state index in [2.05, 4.69) is 0 Å². The third-order valence-corrected chi connectivity index (χ3v) is 2.74. The minimum Gasteiger partial charge on any atom is -0.399 e. The summed E-state index contributed by atoms with van der Waals surface area (Å²) in [7, 11) is 1.73. The van der Waals surface area contributed by atoms with Gasteiger partial charge in [-0.05, 0) is 48.5 Å². The van der Waals surface area contributed by atoms with Crippen LogP contribution in [0.1, 0.15) is 10.4 Å². The summed E-state index contributed by atoms with van der Waals surface area (Å²) in [5.41, 5.74) is 13.9. The van der Waals surface area contributed by atoms with E-state index in [-0.39, 0.29) is 5.91 Å². The molecule has 0 fully saturated rings. The van der Waals surface area contributed by atoms with Crippen LogP contribution in [0, 0.1) is 0 Å². The van der Waals surface area contributed by atoms with Crippen molar-refractivity contribution in [3.63, 3.8) is 0 Å². The number of carbonyl (C=O) groups is 1. The molecule has 0 aliphatic heterocycles. The Balaban J connectivity index is 2.23. The lowest BCUT2D eigenvalue weighted by Crippen LogP contribution is -2.26. The Morgan fingerprint density at radius 3 is 1.83 bits per heavy atom. The van der Waals surface area contributed by atoms with E-state index in [0.29, 0.717) is 16.9 Å². The first-order valence-electron chi connectivity index (χ1n) is 5.57. The fraction of sp³-hybridized carbons (Fsp3) is 0.0714. The highest BCUT2D eigenvalue weighted by Gasteiger charge is 2.12. The summed E-state index contributed by atoms with van der Waals surface area (Å²) in [5, 5.41) is 0. The lowest BCUT2D eigenvalue weighted by atomic mass is 10.1. The van der Waals surface area contributed by atoms with Gasteiger partial charge in [0.05, 0.1) is 0 Å². The third kappa shape index (κ3) is 2.43. The van der Waals surface area contributed by atoms with E-state index in [1.165, 1.54) is 0 Å². The van der Waals surface area contributed by atoms with Gasteiger partial charge in [0.2, 0.25) is 0 Å². The fourth-order valence-corrected chi connectivity index (χ4v) is 1.63. The Hall–Kier alpha value is -2.49. The van der Waals surface area contributed by atoms with Gasteiger partial charge in [-0.3, -0.25) is 4.79 Å². The minimum atomic E-state index is -0.0835. The second-order valence-electron chi connectivity index (χ2n) is 4.08. The van der Waals surface area contributed by atoms with Crippen LogP contribution in [-0.2, 0) is 0 Å². The van der Waals surface area contributed by atoms with Crippen LogP contribution < -0.4 is 16.4 Å². The van der Waals surface area contributed by atoms with Crippen LogP contribution in [0.2, 0.25) is 0 Å². The number of anilines is 3. The molecule has 0 aliphatic rings. The number of nitrogen functional groups attached to an aromatic ring is 2. The third-order valence-electron chi connectivity index (χ3n) is 2.74. The molecule has 0 bridgehead atoms. The zero-order valence-corrected chi connectivity index (χ0v) is 10.1. The second kappa shape index (κ2) is 4.79. The van der Waals surface area contributed by atoms with E-state index < -0.39 is 0 Å². The smallest absolute Gasteiger partial charge is 0.258 e. The van der Waals surface area contributed by atoms with Crippen LogP contribution in [0.3, 0.4) is 0 Å². The standard InChI is InChI=1S/C14H15N3O/c1-17(13-8-6-12(16)7-9-13)14(18)10-2-4-11(15)5-3-10/h2-9H,15-16H2,1H3. The van der Waals surface area contributed by atoms with Crippen LogP contribution in [-0.4, -0.2) is 13.0 Å². The molecule has 0 saturated carbocycles. The molecule has 0 saturated heterocycles. The van der Waals surface area contributed by atoms with Gasteiger partial charge in [-0.25, -0.2) is 0 Å². The van der Waals surface area contributed by atoms with Crippen molar-refractivity contribution in [3.05, 3.63) is 54.1 Å². The lowest BCUT2D eigenvalue weighted by Gasteiger charge is -2.17. The van der Waals surface area contributed by atoms with Gasteiger partial charge >= 0.3 is 0 Å². The van der Waals surface area contributed by atoms with Crippen molar-refractivity contribution < 1.29 is 4.79 Å². The molecule has 1 amide bonds. The number of amides is 1. The maximum Gasteiger partial charge on any atom is 0.258 e. The van der Waals surface area contributed by atoms with Gasteiger partial charge in [0.25, 0.3) is 5.91 Å². The summed E-state index contributed by atoms with van der Waals surface area (Å²) in [5.74, 6) is -0.0835. The zero-order chi connectivity index (χ0) is 13.1. The van der Waals surface area contributed by atoms with Gasteiger partial charge in [-0.1, -0.05) is 0 Å². The molecule has 0 aromatic heterocycles. The van der Waals surface area contributed by atoms with E-state index in [1.807, 2.05) is 12.1 Å². The molecule has 0 heterocycles. The van der Waals surface area contributed by atoms with Gasteiger partial charge in [-0.2, -0.15) is 0 Å². The Morgan fingerprint density at radius 2 is 1.33 bits per heavy atom. The Kier molecular flexibility index (Phi) is 3.19. The first-order chi connectivity index (χ1) is 8.58. The first-order valence-corrected chi connectivity index (χ1v) is 5.57. The molecule has 92 valence electrons. The topological polar surface area (TPSA) is 72.3 Å². The van der Waals surface area contributed by atoms with Crippen LogP contribution >= 0.6 is 0 Å². The molecular formula is C14H15N3O. The highest BCUT2D eigenvalue weighted by molar-refractivity contribution is 6.05. The summed E-state index contributed by atoms with van der Waals surface area (Å²) < 4.78 is 0. The van der Waals surface area contributed by atoms with Crippen LogP contribution in [0.25, 0.3) is 0 Å². The molecule has 2 aromatic carbocycles. The molecule has 0 radical (unpaired) electrons. The Morgan fingerprint density at radius 1 is 0.889 bits per heavy atom. The van der Waals surface area contributed by atoms with E-state index in [1.54, 1.807) is 48.3 Å². The zero-order valence-electron chi connectivity index (χ0n) is 10.1. The van der Waals surface area contributed by atoms with Crippen molar-refractivity contribution >= 4 is 23.0 Å². The highest BCUT2D eigenvalue weighted by atomic mass is 16.2. The van der Waals surface area contributed by atoms with Crippen molar-refractivity contribution in [1.82, 2.24) is 0 Å². The number of rotatable bonds is 2. The monoisotopic (exact) mass is 241 g/mol. The Labute approximate surface area is 106 Å². The summed E-state index contributed by atoms with van der Waals surface area (Å²) in [4.78, 5) is 13.8. The van der Waals surface area contributed by atoms with Crippen molar-refractivity contribution in [2.75, 3.05) is 23.4 Å². The summed E-state index contributed by atoms with van der Waals surface area (Å²) in [6, 6.07) is 14.0. The van der Waals surface area contributed by atoms with Crippen molar-refractivity contribution in [1.29, 1.82) is 0 Å². The molecule has 4 nitrogen and oxygen atoms in total. The molecule has 0 spiro atoms. The number of hydrogen-bond donors (Lipinski definition) is 2. The quantitative estimate of drug-likeness (QED) is 0.791. The summed E-state index contributed by atoms with van der Waals surface area (Å²) in [6.45, 7) is 0. The van der Waals surface area contributed by atoms with E-state index in [9.17, 15) is 4.79 Å². The second-order valence-corrected chi connectivity index (χ2v) is 4.08. The molecule has 2 aromatic rings. The molecule has 2 rings (SSSR count). The minimum absolute atomic E-state index is 0.0835. The van der Waals surface area contributed by atoms with Crippen molar-refractivity contribution in [2.24, 2.45) is 0 Å². The summed E-state index contributed by atoms with van der Waals surface area (Å²) in [6.07, 6.45) is 0. The number of hydrogen-bond acceptors (Lipinski definition) is 3. The van der Waals surface area contributed by atoms with Crippen molar-refractivity contribution in [3.8, 4) is 0 Å². The largest absolute Gasteiger partial charge is 0.399 e. The first kappa shape index (κ1) is 12.0. The number of nitrogens with two attached hydrogens (primary N) is 2. The van der Waals surface area contributed by atoms with Gasteiger partial charge in [-0.15, -0.1) is 0 Å². The van der Waals surface area contributed by atoms with Crippen LogP contribution in [0.15, 0.2) is 48.5 Å². The molecule has 18 heavy (non-hydrogen) atoms. The van der Waals surface area contributed by atoms with Crippen molar-refractivity contribution in [2.45, 2.75) is 0 Å². The molecule has 4 heteroatoms. The Bertz CT molecular complexity index is 546. The lowest BCUT2D eigenvalue weighted by molar-refractivity contribution is 0.0993. The average molecular weight is 241 g/mol.